The third-order valence-corrected chi connectivity index (χ3v) is 18.9. The van der Waals surface area contributed by atoms with Gasteiger partial charge in [0.2, 0.25) is 17.6 Å². The van der Waals surface area contributed by atoms with Gasteiger partial charge in [0.1, 0.15) is 30.4 Å². The molecule has 2 saturated heterocycles. The smallest absolute Gasteiger partial charge is 0.870 e. The first-order chi connectivity index (χ1) is 47.6. The molecule has 8 rings (SSSR count). The topological polar surface area (TPSA) is 408 Å². The van der Waals surface area contributed by atoms with E-state index in [4.69, 9.17) is 18.9 Å². The molecule has 0 aromatic heterocycles. The van der Waals surface area contributed by atoms with Crippen molar-refractivity contribution in [2.45, 2.75) is 125 Å². The summed E-state index contributed by atoms with van der Waals surface area (Å²) < 4.78 is 23.4. The molecule has 536 valence electrons. The molecule has 2 fully saturated rings. The number of hydrogen-bond donors (Lipinski definition) is 11. The Balaban J connectivity index is 0.00000624. The van der Waals surface area contributed by atoms with Crippen LogP contribution >= 0.6 is 23.5 Å². The fraction of sp³-hybridized carbons (Fsp3) is 0.397. The Hall–Kier alpha value is -6.26. The summed E-state index contributed by atoms with van der Waals surface area (Å²) in [6.45, 7) is 1.34. The Bertz CT molecular complexity index is 3690. The van der Waals surface area contributed by atoms with Crippen LogP contribution in [0.1, 0.15) is 93.8 Å². The Morgan fingerprint density at radius 3 is 1.45 bits per heavy atom. The monoisotopic (exact) mass is 1460 g/mol. The molecule has 102 heavy (non-hydrogen) atoms. The number of aliphatic carboxylic acids is 1. The van der Waals surface area contributed by atoms with Crippen molar-refractivity contribution in [3.8, 4) is 33.4 Å². The van der Waals surface area contributed by atoms with Crippen LogP contribution in [-0.2, 0) is 38.1 Å². The summed E-state index contributed by atoms with van der Waals surface area (Å²) >= 11 is 2.95. The number of carboxylic acid groups (broad SMARTS) is 1. The molecule has 25 nitrogen and oxygen atoms in total. The molecule has 0 radical (unpaired) electrons. The molecule has 2 aliphatic rings. The number of aliphatic hydroxyl groups is 6. The van der Waals surface area contributed by atoms with Crippen molar-refractivity contribution in [1.29, 1.82) is 0 Å². The molecular weight excluding hydrogens is 1380 g/mol. The maximum atomic E-state index is 13.8. The third kappa shape index (κ3) is 24.1. The molecule has 0 bridgehead atoms. The van der Waals surface area contributed by atoms with Crippen LogP contribution in [0.15, 0.2) is 158 Å². The van der Waals surface area contributed by atoms with Crippen LogP contribution in [0.5, 0.6) is 0 Å². The van der Waals surface area contributed by atoms with E-state index in [1.165, 1.54) is 30.4 Å². The standard InChI is InChI=1S/C73H84N5O19S2.2Na.H2O/c1-45(80)77-62-58(83)40-72(44-79,96-66(62)64(87)60(85)42-75-68(89)51-29-25-49(26-30-51)47-16-5-3-6-17-47)94-34-14-38-99-39-33-74-70(91)56-23-12-10-21-54(56)53-20-9-11-22-55(53)57(82)24-13-36-98-37-15-35-95-73(71(92)93)41-59(84)63(78-46(2)81)67(97-73)65(88)61(86)43-76-69(90)52-31-27-50(28-32-52)48-18-7-4-8-19-48;;;/h3-12,16-23,25-32,58-67,83-88H,13-15,24,33-43H2,1-2H3,(H,74,91)(H,75,89)(H,76,90)(H,77,80)(H,78,81)(H,92,93);;;1H2/q-1;2*+1;/p-2/t58-,59-,60+,61+,62+,63+,64+,65+,66+,67+,72+,73+;;;/m0.../s1. The number of benzene rings is 6. The van der Waals surface area contributed by atoms with E-state index in [0.29, 0.717) is 63.7 Å². The normalized spacial score (nSPS) is 21.1. The molecule has 0 saturated carbocycles. The molecule has 12 atom stereocenters. The van der Waals surface area contributed by atoms with Crippen molar-refractivity contribution in [3.63, 3.8) is 0 Å². The summed E-state index contributed by atoms with van der Waals surface area (Å²) in [6, 6.07) is 43.8. The van der Waals surface area contributed by atoms with Gasteiger partial charge in [0.15, 0.2) is 5.78 Å². The van der Waals surface area contributed by atoms with E-state index >= 15 is 0 Å². The first-order valence-electron chi connectivity index (χ1n) is 32.5. The maximum Gasteiger partial charge on any atom is 1.00 e. The van der Waals surface area contributed by atoms with Gasteiger partial charge in [-0.1, -0.05) is 127 Å². The van der Waals surface area contributed by atoms with E-state index in [1.807, 2.05) is 60.7 Å². The van der Waals surface area contributed by atoms with Crippen LogP contribution in [0.3, 0.4) is 0 Å². The van der Waals surface area contributed by atoms with Crippen molar-refractivity contribution < 1.29 is 158 Å². The number of aliphatic hydroxyl groups excluding tert-OH is 6. The van der Waals surface area contributed by atoms with E-state index in [1.54, 1.807) is 103 Å². The van der Waals surface area contributed by atoms with Crippen molar-refractivity contribution >= 4 is 71.1 Å². The van der Waals surface area contributed by atoms with Crippen LogP contribution in [0.2, 0.25) is 0 Å². The van der Waals surface area contributed by atoms with E-state index < -0.39 is 128 Å². The van der Waals surface area contributed by atoms with Gasteiger partial charge in [0.25, 0.3) is 17.7 Å². The van der Waals surface area contributed by atoms with Gasteiger partial charge in [-0.2, -0.15) is 23.5 Å². The zero-order chi connectivity index (χ0) is 71.1. The molecule has 2 aliphatic heterocycles. The number of carbonyl (C=O) groups is 7. The minimum absolute atomic E-state index is 0. The third-order valence-electron chi connectivity index (χ3n) is 16.7. The van der Waals surface area contributed by atoms with Crippen LogP contribution in [0, 0.1) is 0 Å². The van der Waals surface area contributed by atoms with Crippen LogP contribution in [0.25, 0.3) is 33.4 Å². The Morgan fingerprint density at radius 1 is 0.539 bits per heavy atom. The van der Waals surface area contributed by atoms with Crippen LogP contribution in [-0.4, -0.2) is 212 Å². The SMILES string of the molecule is CC(=O)N[C@H]1[C@H]([C@H](O)[C@H](O)CNC(=O)c2ccc(-c3ccccc3)cc2)O[C@]([C-]=O)(OCCCSCCNC(=O)c2ccccc2-c2ccccc2C(=O)CCCSCCCO[C@]2(C(=O)[O-])C[C@H](O)[C@@H](NC(C)=O)[C@H]([C@H](O)[C@H](O)CNC(=O)c3ccc(-c4ccccc4)cc3)O2)C[C@@H]1O.[Na+].[Na+].[OH-]. The molecule has 0 unspecified atom stereocenters. The van der Waals surface area contributed by atoms with Gasteiger partial charge in [-0.3, -0.25) is 28.8 Å². The van der Waals surface area contributed by atoms with Gasteiger partial charge >= 0.3 is 59.1 Å². The number of amides is 5. The van der Waals surface area contributed by atoms with Gasteiger partial charge in [0, 0.05) is 87.4 Å². The molecule has 29 heteroatoms. The van der Waals surface area contributed by atoms with E-state index in [-0.39, 0.29) is 114 Å². The quantitative estimate of drug-likeness (QED) is 0.00829. The fourth-order valence-electron chi connectivity index (χ4n) is 11.6. The summed E-state index contributed by atoms with van der Waals surface area (Å²) in [6.07, 6.45) is -11.9. The van der Waals surface area contributed by atoms with Gasteiger partial charge in [-0.05, 0) is 100 Å². The van der Waals surface area contributed by atoms with E-state index in [9.17, 15) is 74.1 Å². The summed E-state index contributed by atoms with van der Waals surface area (Å²) in [7, 11) is 0. The second kappa shape index (κ2) is 42.6. The molecule has 2 heterocycles. The summed E-state index contributed by atoms with van der Waals surface area (Å²) in [4.78, 5) is 103. The number of carbonyl (C=O) groups excluding carboxylic acids is 8. The van der Waals surface area contributed by atoms with Gasteiger partial charge in [0.05, 0.1) is 48.9 Å². The van der Waals surface area contributed by atoms with Crippen molar-refractivity contribution in [1.82, 2.24) is 26.6 Å². The number of thioether (sulfide) groups is 2. The maximum absolute atomic E-state index is 13.8. The zero-order valence-corrected chi connectivity index (χ0v) is 62.8. The molecule has 0 spiro atoms. The number of Topliss-reactive ketones (excluding diaryl/α,β-unsaturated/α-hetero) is 1. The molecule has 12 N–H and O–H groups in total. The summed E-state index contributed by atoms with van der Waals surface area (Å²) in [5.41, 5.74) is 6.09. The number of rotatable bonds is 36. The number of carboxylic acids is 1. The Labute approximate surface area is 644 Å². The van der Waals surface area contributed by atoms with Gasteiger partial charge < -0.3 is 96.3 Å². The van der Waals surface area contributed by atoms with Gasteiger partial charge in [-0.25, -0.2) is 6.29 Å². The predicted octanol–water partition coefficient (Wildman–Crippen LogP) is -2.64. The summed E-state index contributed by atoms with van der Waals surface area (Å²) in [5.74, 6) is -7.56. The predicted molar refractivity (Wildman–Crippen MR) is 370 cm³/mol. The number of nitrogens with one attached hydrogen (secondary N) is 5. The average molecular weight is 1460 g/mol. The summed E-state index contributed by atoms with van der Waals surface area (Å²) in [5, 5.41) is 93.0. The molecule has 6 aromatic rings. The number of hydrogen-bond acceptors (Lipinski definition) is 22. The molecule has 5 amide bonds. The number of ketones is 1. The second-order valence-electron chi connectivity index (χ2n) is 24.0. The number of ether oxygens (including phenoxy) is 4. The first-order valence-corrected chi connectivity index (χ1v) is 34.8. The minimum Gasteiger partial charge on any atom is -0.870 e. The van der Waals surface area contributed by atoms with Gasteiger partial charge in [-0.15, -0.1) is 0 Å². The second-order valence-corrected chi connectivity index (χ2v) is 26.4. The minimum atomic E-state index is -2.60. The molecule has 0 aliphatic carbocycles. The molecule has 6 aromatic carbocycles. The van der Waals surface area contributed by atoms with Crippen molar-refractivity contribution in [2.75, 3.05) is 55.9 Å². The van der Waals surface area contributed by atoms with Crippen LogP contribution in [0.4, 0.5) is 0 Å². The van der Waals surface area contributed by atoms with Crippen molar-refractivity contribution in [2.24, 2.45) is 0 Å². The Morgan fingerprint density at radius 2 is 0.961 bits per heavy atom. The zero-order valence-electron chi connectivity index (χ0n) is 57.1. The van der Waals surface area contributed by atoms with E-state index in [0.717, 1.165) is 29.2 Å². The largest absolute Gasteiger partial charge is 1.00 e. The van der Waals surface area contributed by atoms with Crippen LogP contribution < -0.4 is 90.8 Å². The first kappa shape index (κ1) is 86.4. The average Bonchev–Trinajstić information content (AvgIpc) is 0.797. The molecular formula is C73H84N5Na2O20S2-. The van der Waals surface area contributed by atoms with Crippen molar-refractivity contribution in [3.05, 3.63) is 180 Å². The Kier molecular flexibility index (Phi) is 36.1. The fourth-order valence-corrected chi connectivity index (χ4v) is 13.3. The van der Waals surface area contributed by atoms with E-state index in [2.05, 4.69) is 26.6 Å².